The van der Waals surface area contributed by atoms with E-state index in [1.807, 2.05) is 12.1 Å². The first-order valence-corrected chi connectivity index (χ1v) is 6.39. The highest BCUT2D eigenvalue weighted by molar-refractivity contribution is 6.30. The summed E-state index contributed by atoms with van der Waals surface area (Å²) >= 11 is 5.90. The largest absolute Gasteiger partial charge is 0.350 e. The number of rotatable bonds is 5. The molecule has 0 fully saturated rings. The fourth-order valence-corrected chi connectivity index (χ4v) is 1.98. The molecule has 0 amide bonds. The van der Waals surface area contributed by atoms with Crippen molar-refractivity contribution < 1.29 is 0 Å². The third-order valence-corrected chi connectivity index (χ3v) is 2.98. The van der Waals surface area contributed by atoms with Crippen molar-refractivity contribution in [3.8, 4) is 0 Å². The predicted octanol–water partition coefficient (Wildman–Crippen LogP) is 3.37. The van der Waals surface area contributed by atoms with Crippen molar-refractivity contribution in [1.82, 2.24) is 14.6 Å². The van der Waals surface area contributed by atoms with Crippen LogP contribution in [0.5, 0.6) is 0 Å². The van der Waals surface area contributed by atoms with Gasteiger partial charge in [-0.05, 0) is 25.0 Å². The Hall–Kier alpha value is -1.29. The van der Waals surface area contributed by atoms with Crippen molar-refractivity contribution in [2.24, 2.45) is 0 Å². The Bertz CT molecular complexity index is 494. The summed E-state index contributed by atoms with van der Waals surface area (Å²) < 4.78 is 1.70. The molecule has 0 radical (unpaired) electrons. The maximum absolute atomic E-state index is 5.90. The van der Waals surface area contributed by atoms with Crippen molar-refractivity contribution in [2.45, 2.75) is 39.2 Å². The van der Waals surface area contributed by atoms with Gasteiger partial charge in [-0.1, -0.05) is 31.9 Å². The van der Waals surface area contributed by atoms with E-state index >= 15 is 0 Å². The maximum atomic E-state index is 5.90. The number of anilines is 1. The second-order valence-corrected chi connectivity index (χ2v) is 4.56. The average Bonchev–Trinajstić information content (AvgIpc) is 2.69. The Morgan fingerprint density at radius 3 is 2.94 bits per heavy atom. The minimum Gasteiger partial charge on any atom is -0.350 e. The molecule has 1 atom stereocenters. The lowest BCUT2D eigenvalue weighted by molar-refractivity contribution is 0.617. The standard InChI is InChI=1S/C12H17ClN4/c1-3-5-10(4-2)14-12-15-11-7-6-9(13)8-17(11)16-12/h6-8,10H,3-5H2,1-2H3,(H,14,16). The van der Waals surface area contributed by atoms with Gasteiger partial charge in [0.05, 0.1) is 5.02 Å². The van der Waals surface area contributed by atoms with Crippen LogP contribution in [0.1, 0.15) is 33.1 Å². The molecule has 2 rings (SSSR count). The van der Waals surface area contributed by atoms with Gasteiger partial charge in [-0.25, -0.2) is 4.52 Å². The van der Waals surface area contributed by atoms with Crippen molar-refractivity contribution in [3.05, 3.63) is 23.4 Å². The minimum atomic E-state index is 0.438. The Balaban J connectivity index is 2.18. The highest BCUT2D eigenvalue weighted by atomic mass is 35.5. The molecule has 0 aliphatic rings. The summed E-state index contributed by atoms with van der Waals surface area (Å²) in [6.07, 6.45) is 5.12. The Morgan fingerprint density at radius 1 is 1.41 bits per heavy atom. The normalized spacial score (nSPS) is 12.9. The summed E-state index contributed by atoms with van der Waals surface area (Å²) in [5.74, 6) is 0.674. The molecule has 0 bridgehead atoms. The molecule has 0 saturated heterocycles. The number of nitrogens with zero attached hydrogens (tertiary/aromatic N) is 3. The van der Waals surface area contributed by atoms with E-state index in [4.69, 9.17) is 11.6 Å². The smallest absolute Gasteiger partial charge is 0.243 e. The van der Waals surface area contributed by atoms with Gasteiger partial charge >= 0.3 is 0 Å². The van der Waals surface area contributed by atoms with Crippen LogP contribution in [0.25, 0.3) is 5.65 Å². The lowest BCUT2D eigenvalue weighted by Gasteiger charge is -2.13. The number of hydrogen-bond donors (Lipinski definition) is 1. The SMILES string of the molecule is CCCC(CC)Nc1nc2ccc(Cl)cn2n1. The summed E-state index contributed by atoms with van der Waals surface area (Å²) in [5, 5.41) is 8.37. The number of halogens is 1. The molecule has 17 heavy (non-hydrogen) atoms. The molecule has 2 heterocycles. The number of nitrogens with one attached hydrogen (secondary N) is 1. The molecule has 92 valence electrons. The molecule has 4 nitrogen and oxygen atoms in total. The summed E-state index contributed by atoms with van der Waals surface area (Å²) in [7, 11) is 0. The monoisotopic (exact) mass is 252 g/mol. The maximum Gasteiger partial charge on any atom is 0.243 e. The van der Waals surface area contributed by atoms with Crippen molar-refractivity contribution >= 4 is 23.2 Å². The molecule has 0 aromatic carbocycles. The zero-order chi connectivity index (χ0) is 12.3. The predicted molar refractivity (Wildman–Crippen MR) is 70.6 cm³/mol. The Kier molecular flexibility index (Phi) is 3.84. The molecular weight excluding hydrogens is 236 g/mol. The highest BCUT2D eigenvalue weighted by Gasteiger charge is 2.09. The van der Waals surface area contributed by atoms with Crippen molar-refractivity contribution in [3.63, 3.8) is 0 Å². The summed E-state index contributed by atoms with van der Waals surface area (Å²) in [6.45, 7) is 4.35. The third kappa shape index (κ3) is 2.88. The fourth-order valence-electron chi connectivity index (χ4n) is 1.83. The van der Waals surface area contributed by atoms with Crippen LogP contribution in [0, 0.1) is 0 Å². The first-order chi connectivity index (χ1) is 8.22. The molecule has 5 heteroatoms. The van der Waals surface area contributed by atoms with Crippen molar-refractivity contribution in [2.75, 3.05) is 5.32 Å². The quantitative estimate of drug-likeness (QED) is 0.887. The molecule has 1 unspecified atom stereocenters. The van der Waals surface area contributed by atoms with Crippen LogP contribution < -0.4 is 5.32 Å². The first-order valence-electron chi connectivity index (χ1n) is 6.01. The molecule has 0 spiro atoms. The van der Waals surface area contributed by atoms with Crippen LogP contribution >= 0.6 is 11.6 Å². The Morgan fingerprint density at radius 2 is 2.24 bits per heavy atom. The van der Waals surface area contributed by atoms with E-state index in [0.29, 0.717) is 17.0 Å². The molecule has 2 aromatic rings. The third-order valence-electron chi connectivity index (χ3n) is 2.76. The van der Waals surface area contributed by atoms with E-state index < -0.39 is 0 Å². The van der Waals surface area contributed by atoms with E-state index in [2.05, 4.69) is 29.2 Å². The lowest BCUT2D eigenvalue weighted by Crippen LogP contribution is -2.18. The zero-order valence-electron chi connectivity index (χ0n) is 10.2. The molecule has 1 N–H and O–H groups in total. The van der Waals surface area contributed by atoms with Gasteiger partial charge < -0.3 is 5.32 Å². The number of pyridine rings is 1. The van der Waals surface area contributed by atoms with E-state index in [-0.39, 0.29) is 0 Å². The van der Waals surface area contributed by atoms with Crippen LogP contribution in [-0.4, -0.2) is 20.6 Å². The second kappa shape index (κ2) is 5.36. The van der Waals surface area contributed by atoms with E-state index in [0.717, 1.165) is 24.9 Å². The molecular formula is C12H17ClN4. The van der Waals surface area contributed by atoms with Gasteiger partial charge in [0, 0.05) is 12.2 Å². The molecule has 2 aromatic heterocycles. The summed E-state index contributed by atoms with van der Waals surface area (Å²) in [5.41, 5.74) is 0.809. The van der Waals surface area contributed by atoms with Gasteiger partial charge in [-0.3, -0.25) is 0 Å². The van der Waals surface area contributed by atoms with Gasteiger partial charge in [0.1, 0.15) is 0 Å². The van der Waals surface area contributed by atoms with Crippen LogP contribution in [0.3, 0.4) is 0 Å². The van der Waals surface area contributed by atoms with Crippen molar-refractivity contribution in [1.29, 1.82) is 0 Å². The van der Waals surface area contributed by atoms with Crippen LogP contribution in [-0.2, 0) is 0 Å². The first kappa shape index (κ1) is 12.2. The van der Waals surface area contributed by atoms with Gasteiger partial charge in [-0.2, -0.15) is 4.98 Å². The number of aromatic nitrogens is 3. The highest BCUT2D eigenvalue weighted by Crippen LogP contribution is 2.13. The van der Waals surface area contributed by atoms with Crippen LogP contribution in [0.4, 0.5) is 5.95 Å². The Labute approximate surface area is 106 Å². The zero-order valence-corrected chi connectivity index (χ0v) is 10.9. The number of hydrogen-bond acceptors (Lipinski definition) is 3. The second-order valence-electron chi connectivity index (χ2n) is 4.12. The van der Waals surface area contributed by atoms with Gasteiger partial charge in [-0.15, -0.1) is 5.10 Å². The van der Waals surface area contributed by atoms with Gasteiger partial charge in [0.25, 0.3) is 0 Å². The molecule has 0 aliphatic heterocycles. The van der Waals surface area contributed by atoms with E-state index in [1.165, 1.54) is 0 Å². The van der Waals surface area contributed by atoms with Gasteiger partial charge in [0.2, 0.25) is 5.95 Å². The molecule has 0 aliphatic carbocycles. The van der Waals surface area contributed by atoms with Crippen LogP contribution in [0.2, 0.25) is 5.02 Å². The average molecular weight is 253 g/mol. The van der Waals surface area contributed by atoms with E-state index in [9.17, 15) is 0 Å². The molecule has 0 saturated carbocycles. The lowest BCUT2D eigenvalue weighted by atomic mass is 10.1. The van der Waals surface area contributed by atoms with E-state index in [1.54, 1.807) is 10.7 Å². The fraction of sp³-hybridized carbons (Fsp3) is 0.500. The summed E-state index contributed by atoms with van der Waals surface area (Å²) in [6, 6.07) is 4.12. The van der Waals surface area contributed by atoms with Crippen LogP contribution in [0.15, 0.2) is 18.3 Å². The number of fused-ring (bicyclic) bond motifs is 1. The minimum absolute atomic E-state index is 0.438. The van der Waals surface area contributed by atoms with Gasteiger partial charge in [0.15, 0.2) is 5.65 Å². The topological polar surface area (TPSA) is 42.2 Å². The summed E-state index contributed by atoms with van der Waals surface area (Å²) in [4.78, 5) is 4.41.